The summed E-state index contributed by atoms with van der Waals surface area (Å²) in [6.45, 7) is 0. The van der Waals surface area contributed by atoms with Gasteiger partial charge in [0.1, 0.15) is 11.8 Å². The van der Waals surface area contributed by atoms with E-state index in [1.165, 1.54) is 10.7 Å². The van der Waals surface area contributed by atoms with Gasteiger partial charge in [0, 0.05) is 5.69 Å². The molecule has 3 rings (SSSR count). The second-order valence-corrected chi connectivity index (χ2v) is 4.18. The number of ether oxygens (including phenoxy) is 1. The molecule has 0 unspecified atom stereocenters. The number of anilines is 1. The zero-order valence-corrected chi connectivity index (χ0v) is 10.8. The lowest BCUT2D eigenvalue weighted by Gasteiger charge is -2.07. The molecule has 0 spiro atoms. The molecule has 7 nitrogen and oxygen atoms in total. The topological polar surface area (TPSA) is 103 Å². The Kier molecular flexibility index (Phi) is 3.19. The minimum absolute atomic E-state index is 0.169. The summed E-state index contributed by atoms with van der Waals surface area (Å²) in [4.78, 5) is 0. The number of hydrogen-bond acceptors (Lipinski definition) is 6. The van der Waals surface area contributed by atoms with Crippen LogP contribution in [0.4, 0.5) is 5.69 Å². The number of benzene rings is 2. The van der Waals surface area contributed by atoms with Gasteiger partial charge in [-0.3, -0.25) is 0 Å². The predicted molar refractivity (Wildman–Crippen MR) is 74.8 cm³/mol. The van der Waals surface area contributed by atoms with Crippen molar-refractivity contribution in [3.05, 3.63) is 54.1 Å². The van der Waals surface area contributed by atoms with Crippen molar-refractivity contribution >= 4 is 5.69 Å². The maximum absolute atomic E-state index is 9.11. The van der Waals surface area contributed by atoms with E-state index in [2.05, 4.69) is 15.5 Å². The van der Waals surface area contributed by atoms with Gasteiger partial charge in [0.25, 0.3) is 0 Å². The average Bonchev–Trinajstić information content (AvgIpc) is 2.98. The Morgan fingerprint density at radius 3 is 2.71 bits per heavy atom. The van der Waals surface area contributed by atoms with Crippen LogP contribution in [0.25, 0.3) is 5.69 Å². The molecule has 0 fully saturated rings. The van der Waals surface area contributed by atoms with Gasteiger partial charge in [0.05, 0.1) is 11.3 Å². The van der Waals surface area contributed by atoms with Crippen molar-refractivity contribution in [2.24, 2.45) is 0 Å². The number of nitrogens with zero attached hydrogens (tertiary/aromatic N) is 5. The third-order valence-corrected chi connectivity index (χ3v) is 2.77. The molecule has 21 heavy (non-hydrogen) atoms. The van der Waals surface area contributed by atoms with Crippen molar-refractivity contribution in [1.82, 2.24) is 20.2 Å². The average molecular weight is 278 g/mol. The van der Waals surface area contributed by atoms with E-state index in [1.807, 2.05) is 36.4 Å². The summed E-state index contributed by atoms with van der Waals surface area (Å²) in [7, 11) is 0. The normalized spacial score (nSPS) is 10.0. The van der Waals surface area contributed by atoms with E-state index in [1.54, 1.807) is 12.1 Å². The minimum Gasteiger partial charge on any atom is -0.422 e. The Bertz CT molecular complexity index is 806. The molecule has 0 amide bonds. The summed E-state index contributed by atoms with van der Waals surface area (Å²) >= 11 is 0. The maximum Gasteiger partial charge on any atom is 0.345 e. The van der Waals surface area contributed by atoms with E-state index in [4.69, 9.17) is 15.7 Å². The van der Waals surface area contributed by atoms with Crippen molar-refractivity contribution in [3.63, 3.8) is 0 Å². The highest BCUT2D eigenvalue weighted by Gasteiger charge is 2.13. The lowest BCUT2D eigenvalue weighted by Crippen LogP contribution is -2.01. The van der Waals surface area contributed by atoms with Crippen LogP contribution in [0.2, 0.25) is 0 Å². The molecule has 0 aliphatic heterocycles. The van der Waals surface area contributed by atoms with Crippen LogP contribution in [0.1, 0.15) is 5.56 Å². The summed E-state index contributed by atoms with van der Waals surface area (Å²) in [5.74, 6) is 0.346. The summed E-state index contributed by atoms with van der Waals surface area (Å²) in [5, 5.41) is 20.4. The summed E-state index contributed by atoms with van der Waals surface area (Å²) in [6, 6.07) is 16.3. The van der Waals surface area contributed by atoms with E-state index in [-0.39, 0.29) is 6.01 Å². The van der Waals surface area contributed by atoms with Crippen molar-refractivity contribution in [2.45, 2.75) is 0 Å². The van der Waals surface area contributed by atoms with Crippen molar-refractivity contribution in [2.75, 3.05) is 5.73 Å². The second-order valence-electron chi connectivity index (χ2n) is 4.18. The SMILES string of the molecule is N#Cc1cc(N)ccc1Oc1nnnn1-c1ccccc1. The van der Waals surface area contributed by atoms with E-state index >= 15 is 0 Å². The highest BCUT2D eigenvalue weighted by molar-refractivity contribution is 5.53. The number of nitrogen functional groups attached to an aromatic ring is 1. The van der Waals surface area contributed by atoms with E-state index in [0.29, 0.717) is 17.0 Å². The molecule has 0 radical (unpaired) electrons. The van der Waals surface area contributed by atoms with E-state index < -0.39 is 0 Å². The molecule has 2 N–H and O–H groups in total. The number of tetrazole rings is 1. The van der Waals surface area contributed by atoms with Crippen LogP contribution < -0.4 is 10.5 Å². The van der Waals surface area contributed by atoms with Gasteiger partial charge in [0.2, 0.25) is 0 Å². The first-order valence-electron chi connectivity index (χ1n) is 6.09. The molecule has 1 heterocycles. The first-order chi connectivity index (χ1) is 10.3. The Morgan fingerprint density at radius 1 is 1.14 bits per heavy atom. The quantitative estimate of drug-likeness (QED) is 0.734. The number of aromatic nitrogens is 4. The lowest BCUT2D eigenvalue weighted by molar-refractivity contribution is 0.426. The Balaban J connectivity index is 1.98. The molecule has 0 bridgehead atoms. The largest absolute Gasteiger partial charge is 0.422 e. The van der Waals surface area contributed by atoms with Crippen LogP contribution in [0.3, 0.4) is 0 Å². The summed E-state index contributed by atoms with van der Waals surface area (Å²) in [5.41, 5.74) is 7.21. The molecule has 2 aromatic carbocycles. The Morgan fingerprint density at radius 2 is 1.95 bits per heavy atom. The van der Waals surface area contributed by atoms with Crippen molar-refractivity contribution < 1.29 is 4.74 Å². The third kappa shape index (κ3) is 2.50. The minimum atomic E-state index is 0.169. The van der Waals surface area contributed by atoms with Gasteiger partial charge in [-0.15, -0.1) is 0 Å². The van der Waals surface area contributed by atoms with Crippen LogP contribution in [0.5, 0.6) is 11.8 Å². The Labute approximate surface area is 120 Å². The fraction of sp³-hybridized carbons (Fsp3) is 0. The van der Waals surface area contributed by atoms with Crippen LogP contribution in [0, 0.1) is 11.3 Å². The van der Waals surface area contributed by atoms with Gasteiger partial charge in [0.15, 0.2) is 0 Å². The molecule has 7 heteroatoms. The van der Waals surface area contributed by atoms with Crippen molar-refractivity contribution in [1.29, 1.82) is 5.26 Å². The van der Waals surface area contributed by atoms with Gasteiger partial charge in [-0.05, 0) is 40.8 Å². The number of nitrogens with two attached hydrogens (primary N) is 1. The Hall–Kier alpha value is -3.40. The molecule has 0 atom stereocenters. The fourth-order valence-electron chi connectivity index (χ4n) is 1.80. The maximum atomic E-state index is 9.11. The number of rotatable bonds is 3. The molecular formula is C14H10N6O. The van der Waals surface area contributed by atoms with Gasteiger partial charge in [-0.2, -0.15) is 9.94 Å². The van der Waals surface area contributed by atoms with Crippen LogP contribution in [-0.4, -0.2) is 20.2 Å². The highest BCUT2D eigenvalue weighted by Crippen LogP contribution is 2.26. The van der Waals surface area contributed by atoms with E-state index in [0.717, 1.165) is 5.69 Å². The van der Waals surface area contributed by atoms with Gasteiger partial charge < -0.3 is 10.5 Å². The zero-order valence-electron chi connectivity index (χ0n) is 10.8. The fourth-order valence-corrected chi connectivity index (χ4v) is 1.80. The number of nitriles is 1. The molecule has 102 valence electrons. The van der Waals surface area contributed by atoms with Gasteiger partial charge in [-0.25, -0.2) is 0 Å². The summed E-state index contributed by atoms with van der Waals surface area (Å²) in [6.07, 6.45) is 0. The van der Waals surface area contributed by atoms with Gasteiger partial charge >= 0.3 is 6.01 Å². The van der Waals surface area contributed by atoms with E-state index in [9.17, 15) is 0 Å². The molecular weight excluding hydrogens is 268 g/mol. The predicted octanol–water partition coefficient (Wildman–Crippen LogP) is 1.91. The smallest absolute Gasteiger partial charge is 0.345 e. The molecule has 3 aromatic rings. The third-order valence-electron chi connectivity index (χ3n) is 2.77. The van der Waals surface area contributed by atoms with Crippen LogP contribution in [0.15, 0.2) is 48.5 Å². The first kappa shape index (κ1) is 12.6. The zero-order chi connectivity index (χ0) is 14.7. The summed E-state index contributed by atoms with van der Waals surface area (Å²) < 4.78 is 7.07. The van der Waals surface area contributed by atoms with Crippen LogP contribution >= 0.6 is 0 Å². The molecule has 0 saturated carbocycles. The molecule has 0 saturated heterocycles. The van der Waals surface area contributed by atoms with Gasteiger partial charge in [-0.1, -0.05) is 23.3 Å². The first-order valence-corrected chi connectivity index (χ1v) is 6.09. The van der Waals surface area contributed by atoms with Crippen LogP contribution in [-0.2, 0) is 0 Å². The second kappa shape index (κ2) is 5.30. The standard InChI is InChI=1S/C14H10N6O/c15-9-10-8-11(16)6-7-13(10)21-14-17-18-19-20(14)12-4-2-1-3-5-12/h1-8H,16H2. The monoisotopic (exact) mass is 278 g/mol. The number of hydrogen-bond donors (Lipinski definition) is 1. The lowest BCUT2D eigenvalue weighted by atomic mass is 10.2. The molecule has 0 aliphatic carbocycles. The van der Waals surface area contributed by atoms with Crippen molar-refractivity contribution in [3.8, 4) is 23.5 Å². The number of para-hydroxylation sites is 1. The highest BCUT2D eigenvalue weighted by atomic mass is 16.5. The molecule has 1 aromatic heterocycles. The molecule has 0 aliphatic rings.